The molecule has 0 spiro atoms. The van der Waals surface area contributed by atoms with Crippen molar-refractivity contribution in [3.8, 4) is 22.5 Å². The Labute approximate surface area is 345 Å². The van der Waals surface area contributed by atoms with Crippen LogP contribution in [0.4, 0.5) is 0 Å². The fourth-order valence-corrected chi connectivity index (χ4v) is 8.00. The van der Waals surface area contributed by atoms with E-state index in [1.165, 1.54) is 21.9 Å². The molecule has 10 rings (SSSR count). The minimum absolute atomic E-state index is 0.0236. The number of rotatable bonds is 8. The van der Waals surface area contributed by atoms with E-state index in [4.69, 9.17) is 15.0 Å². The van der Waals surface area contributed by atoms with E-state index in [9.17, 15) is 0 Å². The molecule has 0 aliphatic rings. The van der Waals surface area contributed by atoms with Crippen LogP contribution < -0.4 is 0 Å². The zero-order valence-corrected chi connectivity index (χ0v) is 32.8. The third kappa shape index (κ3) is 7.64. The zero-order valence-electron chi connectivity index (χ0n) is 32.8. The molecule has 4 nitrogen and oxygen atoms in total. The maximum Gasteiger partial charge on any atom is 0.0784 e. The molecule has 0 amide bonds. The Morgan fingerprint density at radius 1 is 0.390 bits per heavy atom. The van der Waals surface area contributed by atoms with E-state index in [-0.39, 0.29) is 5.92 Å². The molecular weight excluding hydrogens is 717 g/mol. The molecule has 4 aromatic heterocycles. The van der Waals surface area contributed by atoms with Gasteiger partial charge in [-0.2, -0.15) is 0 Å². The lowest BCUT2D eigenvalue weighted by molar-refractivity contribution is 0.643. The highest BCUT2D eigenvalue weighted by molar-refractivity contribution is 5.96. The number of hydrogen-bond acceptors (Lipinski definition) is 4. The van der Waals surface area contributed by atoms with Crippen LogP contribution in [0.25, 0.3) is 44.1 Å². The van der Waals surface area contributed by atoms with Gasteiger partial charge >= 0.3 is 0 Å². The fourth-order valence-electron chi connectivity index (χ4n) is 8.00. The number of fused-ring (bicyclic) bond motifs is 2. The third-order valence-electron chi connectivity index (χ3n) is 11.0. The highest BCUT2D eigenvalue weighted by Gasteiger charge is 2.35. The van der Waals surface area contributed by atoms with Crippen molar-refractivity contribution >= 4 is 21.5 Å². The summed E-state index contributed by atoms with van der Waals surface area (Å²) in [5.74, 6) is -0.0236. The second-order valence-electron chi connectivity index (χ2n) is 14.7. The van der Waals surface area contributed by atoms with Crippen molar-refractivity contribution in [2.45, 2.75) is 18.3 Å². The molecule has 0 aliphatic carbocycles. The second-order valence-corrected chi connectivity index (χ2v) is 14.7. The van der Waals surface area contributed by atoms with E-state index >= 15 is 0 Å². The van der Waals surface area contributed by atoms with Crippen LogP contribution in [0.2, 0.25) is 0 Å². The van der Waals surface area contributed by atoms with Crippen LogP contribution in [0, 0.1) is 0 Å². The van der Waals surface area contributed by atoms with Crippen molar-refractivity contribution < 1.29 is 0 Å². The van der Waals surface area contributed by atoms with Gasteiger partial charge < -0.3 is 0 Å². The Kier molecular flexibility index (Phi) is 10.6. The first-order chi connectivity index (χ1) is 29.2. The number of pyridine rings is 4. The molecule has 0 saturated carbocycles. The first-order valence-corrected chi connectivity index (χ1v) is 20.0. The summed E-state index contributed by atoms with van der Waals surface area (Å²) in [6.07, 6.45) is 3.71. The monoisotopic (exact) mass is 758 g/mol. The minimum Gasteiger partial charge on any atom is -0.260 e. The molecule has 10 aromatic rings. The van der Waals surface area contributed by atoms with Gasteiger partial charge in [-0.15, -0.1) is 0 Å². The summed E-state index contributed by atoms with van der Waals surface area (Å²) in [6, 6.07) is 75.3. The number of nitrogens with zero attached hydrogens (tertiary/aromatic N) is 4. The van der Waals surface area contributed by atoms with E-state index in [0.717, 1.165) is 56.1 Å². The molecule has 2 atom stereocenters. The van der Waals surface area contributed by atoms with E-state index in [2.05, 4.69) is 182 Å². The molecule has 282 valence electrons. The number of benzene rings is 6. The largest absolute Gasteiger partial charge is 0.260 e. The van der Waals surface area contributed by atoms with Crippen molar-refractivity contribution in [1.29, 1.82) is 0 Å². The molecule has 0 radical (unpaired) electrons. The molecule has 4 heterocycles. The predicted octanol–water partition coefficient (Wildman–Crippen LogP) is 13.1. The van der Waals surface area contributed by atoms with Gasteiger partial charge in [-0.3, -0.25) is 19.9 Å². The zero-order chi connectivity index (χ0) is 39.9. The van der Waals surface area contributed by atoms with Gasteiger partial charge in [-0.1, -0.05) is 182 Å². The topological polar surface area (TPSA) is 51.6 Å². The molecule has 0 bridgehead atoms. The van der Waals surface area contributed by atoms with Crippen LogP contribution >= 0.6 is 0 Å². The maximum absolute atomic E-state index is 5.26. The standard InChI is InChI=1S/C28H22N2.C27H20N2/c1-28(23-15-6-3-7-16-23,25-18-10-11-19-29-25)26-20-22-14-8-9-17-24(22)27(30-26)21-12-4-2-5-13-21;1-3-11-20(12-4-1)26(24-17-9-10-18-28-24)25-19-22-15-7-8-16-23(22)27(29-25)21-13-5-2-6-14-21/h2-20H,1H3;1-19,26H. The summed E-state index contributed by atoms with van der Waals surface area (Å²) in [5.41, 5.74) is 10.1. The average Bonchev–Trinajstić information content (AvgIpc) is 3.33. The molecule has 0 saturated heterocycles. The maximum atomic E-state index is 5.26. The van der Waals surface area contributed by atoms with Crippen LogP contribution in [0.3, 0.4) is 0 Å². The van der Waals surface area contributed by atoms with E-state index in [0.29, 0.717) is 0 Å². The first kappa shape index (κ1) is 37.0. The van der Waals surface area contributed by atoms with Crippen LogP contribution in [0.1, 0.15) is 46.7 Å². The summed E-state index contributed by atoms with van der Waals surface area (Å²) in [5, 5.41) is 4.69. The molecular formula is C55H42N4. The summed E-state index contributed by atoms with van der Waals surface area (Å²) < 4.78 is 0. The highest BCUT2D eigenvalue weighted by atomic mass is 14.8. The van der Waals surface area contributed by atoms with Gasteiger partial charge in [0.15, 0.2) is 0 Å². The molecule has 0 N–H and O–H groups in total. The quantitative estimate of drug-likeness (QED) is 0.155. The SMILES string of the molecule is CC(c1ccccc1)(c1ccccn1)c1cc2ccccc2c(-c2ccccc2)n1.c1ccc(-c2nc(C(c3ccccc3)c3ccccn3)cc3ccccc23)cc1. The molecule has 2 unspecified atom stereocenters. The van der Waals surface area contributed by atoms with Crippen LogP contribution in [-0.2, 0) is 5.41 Å². The molecule has 4 heteroatoms. The lowest BCUT2D eigenvalue weighted by Crippen LogP contribution is -2.28. The van der Waals surface area contributed by atoms with Crippen molar-refractivity contribution in [1.82, 2.24) is 19.9 Å². The molecule has 6 aromatic carbocycles. The Morgan fingerprint density at radius 3 is 1.46 bits per heavy atom. The number of aromatic nitrogens is 4. The lowest BCUT2D eigenvalue weighted by atomic mass is 9.75. The summed E-state index contributed by atoms with van der Waals surface area (Å²) >= 11 is 0. The highest BCUT2D eigenvalue weighted by Crippen LogP contribution is 2.40. The van der Waals surface area contributed by atoms with Crippen LogP contribution in [0.15, 0.2) is 231 Å². The summed E-state index contributed by atoms with van der Waals surface area (Å²) in [4.78, 5) is 19.9. The van der Waals surface area contributed by atoms with Crippen LogP contribution in [0.5, 0.6) is 0 Å². The van der Waals surface area contributed by atoms with Crippen molar-refractivity contribution in [3.05, 3.63) is 265 Å². The first-order valence-electron chi connectivity index (χ1n) is 20.0. The Morgan fingerprint density at radius 2 is 0.881 bits per heavy atom. The van der Waals surface area contributed by atoms with Gasteiger partial charge in [0.2, 0.25) is 0 Å². The van der Waals surface area contributed by atoms with Crippen molar-refractivity contribution in [2.24, 2.45) is 0 Å². The predicted molar refractivity (Wildman–Crippen MR) is 242 cm³/mol. The average molecular weight is 759 g/mol. The Balaban J connectivity index is 0.000000152. The van der Waals surface area contributed by atoms with Crippen molar-refractivity contribution in [2.75, 3.05) is 0 Å². The minimum atomic E-state index is -0.476. The van der Waals surface area contributed by atoms with Gasteiger partial charge in [0.1, 0.15) is 0 Å². The van der Waals surface area contributed by atoms with E-state index in [1.54, 1.807) is 0 Å². The number of hydrogen-bond donors (Lipinski definition) is 0. The van der Waals surface area contributed by atoms with E-state index in [1.807, 2.05) is 60.9 Å². The normalized spacial score (nSPS) is 12.6. The molecule has 59 heavy (non-hydrogen) atoms. The summed E-state index contributed by atoms with van der Waals surface area (Å²) in [6.45, 7) is 2.22. The third-order valence-corrected chi connectivity index (χ3v) is 11.0. The molecule has 0 aliphatic heterocycles. The Hall–Kier alpha value is -7.56. The smallest absolute Gasteiger partial charge is 0.0784 e. The lowest BCUT2D eigenvalue weighted by Gasteiger charge is -2.30. The van der Waals surface area contributed by atoms with E-state index < -0.39 is 5.41 Å². The van der Waals surface area contributed by atoms with Gasteiger partial charge in [0.05, 0.1) is 45.5 Å². The molecule has 0 fully saturated rings. The van der Waals surface area contributed by atoms with Gasteiger partial charge in [0, 0.05) is 34.3 Å². The van der Waals surface area contributed by atoms with Gasteiger partial charge in [-0.05, 0) is 65.2 Å². The Bertz CT molecular complexity index is 2840. The summed E-state index contributed by atoms with van der Waals surface area (Å²) in [7, 11) is 0. The fraction of sp³-hybridized carbons (Fsp3) is 0.0545. The van der Waals surface area contributed by atoms with Crippen LogP contribution in [-0.4, -0.2) is 19.9 Å². The van der Waals surface area contributed by atoms with Gasteiger partial charge in [0.25, 0.3) is 0 Å². The second kappa shape index (κ2) is 16.9. The van der Waals surface area contributed by atoms with Crippen molar-refractivity contribution in [3.63, 3.8) is 0 Å². The van der Waals surface area contributed by atoms with Gasteiger partial charge in [-0.25, -0.2) is 0 Å².